The highest BCUT2D eigenvalue weighted by atomic mass is 35.5. The van der Waals surface area contributed by atoms with Crippen molar-refractivity contribution in [1.82, 2.24) is 5.32 Å². The van der Waals surface area contributed by atoms with Gasteiger partial charge in [0.25, 0.3) is 5.91 Å². The van der Waals surface area contributed by atoms with E-state index in [1.807, 2.05) is 54.6 Å². The third-order valence-corrected chi connectivity index (χ3v) is 6.50. The molecule has 1 saturated heterocycles. The summed E-state index contributed by atoms with van der Waals surface area (Å²) in [6.07, 6.45) is -6.45. The highest BCUT2D eigenvalue weighted by Crippen LogP contribution is 2.34. The average molecular weight is 498 g/mol. The first kappa shape index (κ1) is 25.2. The van der Waals surface area contributed by atoms with Gasteiger partial charge in [-0.25, -0.2) is 0 Å². The van der Waals surface area contributed by atoms with Gasteiger partial charge < -0.3 is 30.1 Å². The van der Waals surface area contributed by atoms with E-state index >= 15 is 0 Å². The molecule has 1 amide bonds. The summed E-state index contributed by atoms with van der Waals surface area (Å²) in [6.45, 7) is 0.239. The zero-order valence-corrected chi connectivity index (χ0v) is 19.9. The molecule has 0 saturated carbocycles. The minimum atomic E-state index is -1.58. The number of ether oxygens (including phenoxy) is 2. The Morgan fingerprint density at radius 3 is 2.34 bits per heavy atom. The van der Waals surface area contributed by atoms with E-state index in [0.29, 0.717) is 17.0 Å². The summed E-state index contributed by atoms with van der Waals surface area (Å²) in [6, 6.07) is 22.0. The Morgan fingerprint density at radius 2 is 1.66 bits per heavy atom. The first-order valence-electron chi connectivity index (χ1n) is 11.3. The average Bonchev–Trinajstić information content (AvgIpc) is 2.88. The number of hydrogen-bond donors (Lipinski definition) is 4. The second kappa shape index (κ2) is 11.2. The summed E-state index contributed by atoms with van der Waals surface area (Å²) < 4.78 is 11.1. The largest absolute Gasteiger partial charge is 0.497 e. The molecule has 1 aliphatic rings. The number of amides is 1. The number of aliphatic hydroxyl groups excluding tert-OH is 3. The van der Waals surface area contributed by atoms with Crippen molar-refractivity contribution in [2.24, 2.45) is 0 Å². The van der Waals surface area contributed by atoms with Crippen molar-refractivity contribution in [3.8, 4) is 5.75 Å². The Morgan fingerprint density at radius 1 is 0.943 bits per heavy atom. The van der Waals surface area contributed by atoms with Crippen molar-refractivity contribution in [2.45, 2.75) is 43.5 Å². The molecule has 0 aromatic heterocycles. The maximum absolute atomic E-state index is 12.8. The normalized spacial score (nSPS) is 24.1. The van der Waals surface area contributed by atoms with E-state index in [0.717, 1.165) is 22.4 Å². The van der Waals surface area contributed by atoms with Crippen molar-refractivity contribution in [3.63, 3.8) is 0 Å². The molecule has 1 unspecified atom stereocenters. The molecule has 7 nitrogen and oxygen atoms in total. The lowest BCUT2D eigenvalue weighted by molar-refractivity contribution is -0.222. The standard InChI is InChI=1S/C27H28ClNO6/c1-34-20-10-7-16(8-11-20)13-19-14-18(9-12-21(19)28)25-23(31)22(30)24(32)26(35-25)27(33)29-15-17-5-3-2-4-6-17/h2-12,14,22-26,30-32H,13,15H2,1H3,(H,29,33)/t22?,23-,24+,25+,26+/m1/s1. The number of rotatable bonds is 7. The number of benzene rings is 3. The van der Waals surface area contributed by atoms with Crippen LogP contribution < -0.4 is 10.1 Å². The quantitative estimate of drug-likeness (QED) is 0.400. The molecule has 1 aliphatic heterocycles. The smallest absolute Gasteiger partial charge is 0.252 e. The van der Waals surface area contributed by atoms with Crippen molar-refractivity contribution in [1.29, 1.82) is 0 Å². The van der Waals surface area contributed by atoms with Crippen LogP contribution in [-0.4, -0.2) is 52.8 Å². The highest BCUT2D eigenvalue weighted by Gasteiger charge is 2.47. The Hall–Kier alpha value is -2.94. The third-order valence-electron chi connectivity index (χ3n) is 6.13. The third kappa shape index (κ3) is 5.83. The fourth-order valence-electron chi connectivity index (χ4n) is 4.13. The van der Waals surface area contributed by atoms with Crippen molar-refractivity contribution < 1.29 is 29.6 Å². The maximum Gasteiger partial charge on any atom is 0.252 e. The first-order chi connectivity index (χ1) is 16.9. The van der Waals surface area contributed by atoms with Gasteiger partial charge in [-0.05, 0) is 46.9 Å². The van der Waals surface area contributed by atoms with E-state index in [9.17, 15) is 20.1 Å². The first-order valence-corrected chi connectivity index (χ1v) is 11.7. The minimum Gasteiger partial charge on any atom is -0.497 e. The van der Waals surface area contributed by atoms with Gasteiger partial charge in [-0.3, -0.25) is 4.79 Å². The van der Waals surface area contributed by atoms with Crippen LogP contribution in [0.1, 0.15) is 28.4 Å². The van der Waals surface area contributed by atoms with Crippen LogP contribution in [0.25, 0.3) is 0 Å². The predicted octanol–water partition coefficient (Wildman–Crippen LogP) is 2.78. The second-order valence-corrected chi connectivity index (χ2v) is 8.94. The number of aliphatic hydroxyl groups is 3. The number of methoxy groups -OCH3 is 1. The van der Waals surface area contributed by atoms with E-state index in [1.165, 1.54) is 0 Å². The summed E-state index contributed by atoms with van der Waals surface area (Å²) >= 11 is 6.43. The van der Waals surface area contributed by atoms with Gasteiger partial charge in [-0.15, -0.1) is 0 Å². The van der Waals surface area contributed by atoms with Gasteiger partial charge in [0.05, 0.1) is 7.11 Å². The van der Waals surface area contributed by atoms with Crippen LogP contribution >= 0.6 is 11.6 Å². The van der Waals surface area contributed by atoms with Crippen molar-refractivity contribution in [3.05, 3.63) is 100 Å². The van der Waals surface area contributed by atoms with Gasteiger partial charge in [-0.1, -0.05) is 66.2 Å². The molecule has 184 valence electrons. The van der Waals surface area contributed by atoms with E-state index in [2.05, 4.69) is 5.32 Å². The molecular formula is C27H28ClNO6. The highest BCUT2D eigenvalue weighted by molar-refractivity contribution is 6.31. The van der Waals surface area contributed by atoms with Crippen LogP contribution in [0, 0.1) is 0 Å². The molecule has 1 fully saturated rings. The van der Waals surface area contributed by atoms with Crippen LogP contribution in [0.2, 0.25) is 5.02 Å². The van der Waals surface area contributed by atoms with Crippen molar-refractivity contribution in [2.75, 3.05) is 7.11 Å². The monoisotopic (exact) mass is 497 g/mol. The molecule has 8 heteroatoms. The Kier molecular flexibility index (Phi) is 8.05. The zero-order valence-electron chi connectivity index (χ0n) is 19.2. The van der Waals surface area contributed by atoms with E-state index < -0.39 is 36.4 Å². The minimum absolute atomic E-state index is 0.239. The van der Waals surface area contributed by atoms with Gasteiger partial charge in [0, 0.05) is 11.6 Å². The maximum atomic E-state index is 12.8. The number of nitrogens with one attached hydrogen (secondary N) is 1. The molecule has 0 bridgehead atoms. The molecule has 3 aromatic carbocycles. The summed E-state index contributed by atoms with van der Waals surface area (Å²) in [4.78, 5) is 12.8. The SMILES string of the molecule is COc1ccc(Cc2cc([C@@H]3O[C@H](C(=O)NCc4ccccc4)[C@@H](O)C(O)[C@H]3O)ccc2Cl)cc1. The lowest BCUT2D eigenvalue weighted by Crippen LogP contribution is -2.58. The van der Waals surface area contributed by atoms with Gasteiger partial charge in [-0.2, -0.15) is 0 Å². The zero-order chi connectivity index (χ0) is 24.9. The molecule has 0 radical (unpaired) electrons. The van der Waals surface area contributed by atoms with Crippen LogP contribution in [0.5, 0.6) is 5.75 Å². The van der Waals surface area contributed by atoms with Crippen molar-refractivity contribution >= 4 is 17.5 Å². The lowest BCUT2D eigenvalue weighted by atomic mass is 9.89. The molecule has 4 N–H and O–H groups in total. The van der Waals surface area contributed by atoms with Gasteiger partial charge in [0.1, 0.15) is 30.2 Å². The summed E-state index contributed by atoms with van der Waals surface area (Å²) in [5.74, 6) is 0.168. The van der Waals surface area contributed by atoms with E-state index in [4.69, 9.17) is 21.1 Å². The Balaban J connectivity index is 1.52. The fraction of sp³-hybridized carbons (Fsp3) is 0.296. The van der Waals surface area contributed by atoms with Crippen LogP contribution in [0.15, 0.2) is 72.8 Å². The van der Waals surface area contributed by atoms with E-state index in [1.54, 1.807) is 25.3 Å². The summed E-state index contributed by atoms with van der Waals surface area (Å²) in [5.41, 5.74) is 3.21. The Bertz CT molecular complexity index is 1140. The molecule has 1 heterocycles. The van der Waals surface area contributed by atoms with Gasteiger partial charge >= 0.3 is 0 Å². The lowest BCUT2D eigenvalue weighted by Gasteiger charge is -2.40. The molecule has 0 aliphatic carbocycles. The number of carbonyl (C=O) groups is 1. The summed E-state index contributed by atoms with van der Waals surface area (Å²) in [7, 11) is 1.60. The number of halogens is 1. The van der Waals surface area contributed by atoms with Crippen LogP contribution in [0.4, 0.5) is 0 Å². The van der Waals surface area contributed by atoms with Gasteiger partial charge in [0.15, 0.2) is 6.10 Å². The van der Waals surface area contributed by atoms with E-state index in [-0.39, 0.29) is 6.54 Å². The molecule has 35 heavy (non-hydrogen) atoms. The molecule has 0 spiro atoms. The summed E-state index contributed by atoms with van der Waals surface area (Å²) in [5, 5.41) is 34.9. The molecule has 4 rings (SSSR count). The predicted molar refractivity (Wildman–Crippen MR) is 131 cm³/mol. The molecule has 5 atom stereocenters. The van der Waals surface area contributed by atoms with Gasteiger partial charge in [0.2, 0.25) is 0 Å². The molecule has 3 aromatic rings. The van der Waals surface area contributed by atoms with Crippen LogP contribution in [0.3, 0.4) is 0 Å². The Labute approximate surface area is 208 Å². The van der Waals surface area contributed by atoms with Crippen LogP contribution in [-0.2, 0) is 22.5 Å². The second-order valence-electron chi connectivity index (χ2n) is 8.53. The number of carbonyl (C=O) groups excluding carboxylic acids is 1. The fourth-order valence-corrected chi connectivity index (χ4v) is 4.31. The topological polar surface area (TPSA) is 108 Å². The number of hydrogen-bond acceptors (Lipinski definition) is 6. The molecular weight excluding hydrogens is 470 g/mol.